The highest BCUT2D eigenvalue weighted by atomic mass is 19.4. The fourth-order valence-electron chi connectivity index (χ4n) is 1.83. The largest absolute Gasteiger partial charge is 0.489 e. The molecule has 0 saturated heterocycles. The second-order valence-corrected chi connectivity index (χ2v) is 4.85. The van der Waals surface area contributed by atoms with Gasteiger partial charge in [0.25, 0.3) is 0 Å². The molecule has 0 N–H and O–H groups in total. The zero-order valence-electron chi connectivity index (χ0n) is 11.9. The van der Waals surface area contributed by atoms with Crippen LogP contribution in [-0.4, -0.2) is 17.9 Å². The number of halogens is 6. The van der Waals surface area contributed by atoms with E-state index >= 15 is 0 Å². The van der Waals surface area contributed by atoms with Crippen LogP contribution in [0.2, 0.25) is 0 Å². The molecule has 0 atom stereocenters. The molecular formula is C16H10F6O2. The molecule has 2 aromatic carbocycles. The Balaban J connectivity index is 2.16. The second kappa shape index (κ2) is 6.54. The van der Waals surface area contributed by atoms with Crippen LogP contribution >= 0.6 is 0 Å². The highest BCUT2D eigenvalue weighted by molar-refractivity contribution is 6.02. The number of hydrogen-bond acceptors (Lipinski definition) is 2. The number of alkyl halides is 5. The lowest BCUT2D eigenvalue weighted by molar-refractivity contribution is -0.255. The Morgan fingerprint density at radius 3 is 2.25 bits per heavy atom. The third-order valence-electron chi connectivity index (χ3n) is 3.03. The van der Waals surface area contributed by atoms with Gasteiger partial charge in [-0.3, -0.25) is 4.79 Å². The SMILES string of the molecule is O=C(c1cccc(OCc2cccc(F)c2)c1)C(F)(F)C(F)(F)F. The van der Waals surface area contributed by atoms with Crippen molar-refractivity contribution in [3.05, 3.63) is 65.5 Å². The number of carbonyl (C=O) groups excluding carboxylic acids is 1. The van der Waals surface area contributed by atoms with E-state index in [9.17, 15) is 31.1 Å². The van der Waals surface area contributed by atoms with Crippen molar-refractivity contribution in [2.45, 2.75) is 18.7 Å². The summed E-state index contributed by atoms with van der Waals surface area (Å²) >= 11 is 0. The van der Waals surface area contributed by atoms with Crippen molar-refractivity contribution in [3.8, 4) is 5.75 Å². The van der Waals surface area contributed by atoms with Crippen LogP contribution in [0.4, 0.5) is 26.3 Å². The molecule has 0 bridgehead atoms. The highest BCUT2D eigenvalue weighted by Crippen LogP contribution is 2.38. The molecule has 0 heterocycles. The van der Waals surface area contributed by atoms with E-state index in [1.54, 1.807) is 0 Å². The van der Waals surface area contributed by atoms with Crippen LogP contribution < -0.4 is 4.74 Å². The van der Waals surface area contributed by atoms with E-state index in [1.807, 2.05) is 0 Å². The third-order valence-corrected chi connectivity index (χ3v) is 3.03. The minimum atomic E-state index is -5.98. The standard InChI is InChI=1S/C16H10F6O2/c17-12-5-1-3-10(7-12)9-24-13-6-2-4-11(8-13)14(23)15(18,19)16(20,21)22/h1-8H,9H2. The van der Waals surface area contributed by atoms with E-state index in [1.165, 1.54) is 30.3 Å². The zero-order chi connectivity index (χ0) is 18.0. The Morgan fingerprint density at radius 2 is 1.62 bits per heavy atom. The predicted octanol–water partition coefficient (Wildman–Crippen LogP) is 4.79. The Kier molecular flexibility index (Phi) is 4.86. The van der Waals surface area contributed by atoms with Crippen LogP contribution in [-0.2, 0) is 6.61 Å². The van der Waals surface area contributed by atoms with Crippen molar-refractivity contribution in [2.24, 2.45) is 0 Å². The molecule has 0 spiro atoms. The molecule has 2 aromatic rings. The van der Waals surface area contributed by atoms with Crippen LogP contribution in [0, 0.1) is 5.82 Å². The first-order chi connectivity index (χ1) is 11.1. The van der Waals surface area contributed by atoms with Crippen LogP contribution in [0.1, 0.15) is 15.9 Å². The van der Waals surface area contributed by atoms with Gasteiger partial charge in [-0.15, -0.1) is 0 Å². The van der Waals surface area contributed by atoms with Crippen molar-refractivity contribution >= 4 is 5.78 Å². The topological polar surface area (TPSA) is 26.3 Å². The van der Waals surface area contributed by atoms with E-state index in [-0.39, 0.29) is 12.4 Å². The predicted molar refractivity (Wildman–Crippen MR) is 72.5 cm³/mol. The summed E-state index contributed by atoms with van der Waals surface area (Å²) in [6, 6.07) is 9.35. The van der Waals surface area contributed by atoms with Gasteiger partial charge in [0, 0.05) is 5.56 Å². The molecule has 8 heteroatoms. The van der Waals surface area contributed by atoms with Gasteiger partial charge in [0.2, 0.25) is 5.78 Å². The van der Waals surface area contributed by atoms with Gasteiger partial charge in [0.15, 0.2) is 0 Å². The smallest absolute Gasteiger partial charge is 0.461 e. The molecule has 0 fully saturated rings. The average molecular weight is 348 g/mol. The molecule has 0 aliphatic carbocycles. The summed E-state index contributed by atoms with van der Waals surface area (Å²) in [7, 11) is 0. The van der Waals surface area contributed by atoms with E-state index in [0.717, 1.165) is 18.2 Å². The molecule has 0 aliphatic heterocycles. The lowest BCUT2D eigenvalue weighted by Crippen LogP contribution is -2.44. The summed E-state index contributed by atoms with van der Waals surface area (Å²) in [5.74, 6) is -8.46. The van der Waals surface area contributed by atoms with E-state index in [0.29, 0.717) is 5.56 Å². The molecule has 128 valence electrons. The quantitative estimate of drug-likeness (QED) is 0.574. The third kappa shape index (κ3) is 3.87. The Bertz CT molecular complexity index is 739. The van der Waals surface area contributed by atoms with E-state index < -0.39 is 29.3 Å². The van der Waals surface area contributed by atoms with Gasteiger partial charge >= 0.3 is 12.1 Å². The first kappa shape index (κ1) is 17.8. The molecule has 0 saturated carbocycles. The minimum absolute atomic E-state index is 0.0944. The van der Waals surface area contributed by atoms with Gasteiger partial charge in [-0.05, 0) is 29.8 Å². The van der Waals surface area contributed by atoms with Crippen molar-refractivity contribution in [1.29, 1.82) is 0 Å². The number of Topliss-reactive ketones (excluding diaryl/α,β-unsaturated/α-hetero) is 1. The van der Waals surface area contributed by atoms with Crippen molar-refractivity contribution < 1.29 is 35.9 Å². The zero-order valence-corrected chi connectivity index (χ0v) is 11.9. The van der Waals surface area contributed by atoms with Crippen molar-refractivity contribution in [3.63, 3.8) is 0 Å². The molecule has 0 unspecified atom stereocenters. The van der Waals surface area contributed by atoms with Gasteiger partial charge in [-0.25, -0.2) is 4.39 Å². The first-order valence-corrected chi connectivity index (χ1v) is 6.58. The number of benzene rings is 2. The van der Waals surface area contributed by atoms with Crippen LogP contribution in [0.25, 0.3) is 0 Å². The maximum Gasteiger partial charge on any atom is 0.461 e. The van der Waals surface area contributed by atoms with Gasteiger partial charge in [-0.1, -0.05) is 24.3 Å². The summed E-state index contributed by atoms with van der Waals surface area (Å²) < 4.78 is 81.1. The van der Waals surface area contributed by atoms with Crippen molar-refractivity contribution in [1.82, 2.24) is 0 Å². The summed E-state index contributed by atoms with van der Waals surface area (Å²) in [4.78, 5) is 11.4. The highest BCUT2D eigenvalue weighted by Gasteiger charge is 2.63. The first-order valence-electron chi connectivity index (χ1n) is 6.58. The van der Waals surface area contributed by atoms with Crippen molar-refractivity contribution in [2.75, 3.05) is 0 Å². The number of hydrogen-bond donors (Lipinski definition) is 0. The van der Waals surface area contributed by atoms with Gasteiger partial charge in [-0.2, -0.15) is 22.0 Å². The Labute approximate surface area is 132 Å². The second-order valence-electron chi connectivity index (χ2n) is 4.85. The molecule has 2 rings (SSSR count). The number of rotatable bonds is 5. The molecule has 24 heavy (non-hydrogen) atoms. The summed E-state index contributed by atoms with van der Waals surface area (Å²) in [5.41, 5.74) is -0.415. The van der Waals surface area contributed by atoms with Gasteiger partial charge < -0.3 is 4.74 Å². The molecule has 0 aliphatic rings. The molecular weight excluding hydrogens is 338 g/mol. The summed E-state index contributed by atoms with van der Waals surface area (Å²) in [6.07, 6.45) is -5.98. The van der Waals surface area contributed by atoms with Gasteiger partial charge in [0.1, 0.15) is 18.2 Å². The van der Waals surface area contributed by atoms with E-state index in [4.69, 9.17) is 4.74 Å². The maximum atomic E-state index is 13.1. The summed E-state index contributed by atoms with van der Waals surface area (Å²) in [6.45, 7) is -0.148. The van der Waals surface area contributed by atoms with Crippen LogP contribution in [0.3, 0.4) is 0 Å². The number of ether oxygens (including phenoxy) is 1. The maximum absolute atomic E-state index is 13.1. The fraction of sp³-hybridized carbons (Fsp3) is 0.188. The van der Waals surface area contributed by atoms with Crippen LogP contribution in [0.5, 0.6) is 5.75 Å². The lowest BCUT2D eigenvalue weighted by Gasteiger charge is -2.18. The lowest BCUT2D eigenvalue weighted by atomic mass is 10.0. The minimum Gasteiger partial charge on any atom is -0.489 e. The number of ketones is 1. The molecule has 0 aromatic heterocycles. The van der Waals surface area contributed by atoms with Crippen LogP contribution in [0.15, 0.2) is 48.5 Å². The molecule has 2 nitrogen and oxygen atoms in total. The molecule has 0 amide bonds. The number of carbonyl (C=O) groups is 1. The Morgan fingerprint density at radius 1 is 0.958 bits per heavy atom. The Hall–Kier alpha value is -2.51. The molecule has 0 radical (unpaired) electrons. The fourth-order valence-corrected chi connectivity index (χ4v) is 1.83. The normalized spacial score (nSPS) is 12.1. The van der Waals surface area contributed by atoms with Gasteiger partial charge in [0.05, 0.1) is 0 Å². The monoisotopic (exact) mass is 348 g/mol. The average Bonchev–Trinajstić information content (AvgIpc) is 2.51. The van der Waals surface area contributed by atoms with E-state index in [2.05, 4.69) is 0 Å². The summed E-state index contributed by atoms with van der Waals surface area (Å²) in [5, 5.41) is 0.